The van der Waals surface area contributed by atoms with Crippen LogP contribution in [0, 0.1) is 0 Å². The number of pyridine rings is 2. The van der Waals surface area contributed by atoms with Crippen LogP contribution < -0.4 is 10.6 Å². The van der Waals surface area contributed by atoms with Crippen molar-refractivity contribution in [2.75, 3.05) is 31.2 Å². The molecule has 150 valence electrons. The number of benzene rings is 1. The molecule has 1 aliphatic rings. The first kappa shape index (κ1) is 18.3. The van der Waals surface area contributed by atoms with Crippen LogP contribution in [-0.2, 0) is 4.74 Å². The van der Waals surface area contributed by atoms with Crippen molar-refractivity contribution in [3.05, 3.63) is 60.4 Å². The van der Waals surface area contributed by atoms with Crippen LogP contribution in [0.15, 0.2) is 54.9 Å². The zero-order chi connectivity index (χ0) is 20.5. The second-order valence-electron chi connectivity index (χ2n) is 7.10. The zero-order valence-corrected chi connectivity index (χ0v) is 16.2. The Morgan fingerprint density at radius 1 is 1.07 bits per heavy atom. The van der Waals surface area contributed by atoms with Crippen molar-refractivity contribution in [1.82, 2.24) is 20.2 Å². The minimum atomic E-state index is -0.444. The van der Waals surface area contributed by atoms with E-state index in [0.717, 1.165) is 52.3 Å². The van der Waals surface area contributed by atoms with Crippen LogP contribution in [0.25, 0.3) is 33.4 Å². The Labute approximate surface area is 172 Å². The fraction of sp³-hybridized carbons (Fsp3) is 0.182. The Hall–Kier alpha value is -3.78. The van der Waals surface area contributed by atoms with Gasteiger partial charge in [0.05, 0.1) is 18.9 Å². The lowest BCUT2D eigenvalue weighted by atomic mass is 9.99. The molecule has 0 radical (unpaired) electrons. The molecule has 0 unspecified atom stereocenters. The number of aromatic nitrogens is 4. The minimum absolute atomic E-state index is 0.444. The predicted octanol–water partition coefficient (Wildman–Crippen LogP) is 2.62. The molecule has 4 heterocycles. The average molecular weight is 400 g/mol. The quantitative estimate of drug-likeness (QED) is 0.545. The number of aromatic amines is 1. The number of nitrogens with zero attached hydrogens (tertiary/aromatic N) is 4. The van der Waals surface area contributed by atoms with E-state index in [2.05, 4.69) is 26.1 Å². The van der Waals surface area contributed by atoms with Crippen LogP contribution in [0.4, 0.5) is 5.82 Å². The van der Waals surface area contributed by atoms with Gasteiger partial charge in [-0.15, -0.1) is 0 Å². The van der Waals surface area contributed by atoms with Gasteiger partial charge >= 0.3 is 0 Å². The van der Waals surface area contributed by atoms with Crippen molar-refractivity contribution in [3.63, 3.8) is 0 Å². The molecular formula is C22H20N6O2. The molecule has 0 aliphatic carbocycles. The van der Waals surface area contributed by atoms with Gasteiger partial charge in [0.15, 0.2) is 0 Å². The maximum Gasteiger partial charge on any atom is 0.248 e. The number of morpholine rings is 1. The number of rotatable bonds is 4. The van der Waals surface area contributed by atoms with Crippen LogP contribution in [-0.4, -0.2) is 52.4 Å². The van der Waals surface area contributed by atoms with E-state index in [9.17, 15) is 4.79 Å². The topological polar surface area (TPSA) is 110 Å². The molecule has 8 heteroatoms. The number of amides is 1. The highest BCUT2D eigenvalue weighted by Gasteiger charge is 2.19. The van der Waals surface area contributed by atoms with E-state index >= 15 is 0 Å². The molecule has 0 bridgehead atoms. The molecule has 8 nitrogen and oxygen atoms in total. The number of carbonyl (C=O) groups excluding carboxylic acids is 1. The number of fused-ring (bicyclic) bond motifs is 1. The number of nitrogens with two attached hydrogens (primary N) is 1. The smallest absolute Gasteiger partial charge is 0.248 e. The second-order valence-corrected chi connectivity index (χ2v) is 7.10. The van der Waals surface area contributed by atoms with Gasteiger partial charge in [-0.2, -0.15) is 5.10 Å². The van der Waals surface area contributed by atoms with Crippen molar-refractivity contribution in [2.45, 2.75) is 0 Å². The molecule has 0 saturated carbocycles. The van der Waals surface area contributed by atoms with E-state index in [0.29, 0.717) is 18.8 Å². The molecule has 1 aromatic carbocycles. The Morgan fingerprint density at radius 3 is 2.57 bits per heavy atom. The number of nitrogens with one attached hydrogen (secondary N) is 1. The summed E-state index contributed by atoms with van der Waals surface area (Å²) in [4.78, 5) is 23.2. The first-order chi connectivity index (χ1) is 14.7. The number of carbonyl (C=O) groups is 1. The molecule has 3 N–H and O–H groups in total. The summed E-state index contributed by atoms with van der Waals surface area (Å²) in [6.07, 6.45) is 3.47. The highest BCUT2D eigenvalue weighted by atomic mass is 16.5. The van der Waals surface area contributed by atoms with E-state index in [4.69, 9.17) is 15.5 Å². The van der Waals surface area contributed by atoms with Gasteiger partial charge in [0, 0.05) is 36.4 Å². The molecule has 1 saturated heterocycles. The Kier molecular flexibility index (Phi) is 4.61. The highest BCUT2D eigenvalue weighted by Crippen LogP contribution is 2.35. The molecule has 0 atom stereocenters. The Bertz CT molecular complexity index is 1200. The minimum Gasteiger partial charge on any atom is -0.378 e. The third-order valence-electron chi connectivity index (χ3n) is 5.29. The fourth-order valence-corrected chi connectivity index (χ4v) is 3.73. The van der Waals surface area contributed by atoms with E-state index < -0.39 is 5.91 Å². The summed E-state index contributed by atoms with van der Waals surface area (Å²) in [7, 11) is 0. The molecule has 30 heavy (non-hydrogen) atoms. The van der Waals surface area contributed by atoms with Crippen LogP contribution >= 0.6 is 0 Å². The average Bonchev–Trinajstić information content (AvgIpc) is 3.33. The Balaban J connectivity index is 1.73. The molecule has 3 aromatic heterocycles. The lowest BCUT2D eigenvalue weighted by molar-refractivity contribution is 0.100. The lowest BCUT2D eigenvalue weighted by Crippen LogP contribution is -2.36. The maximum absolute atomic E-state index is 11.5. The Morgan fingerprint density at radius 2 is 1.87 bits per heavy atom. The molecule has 1 fully saturated rings. The van der Waals surface area contributed by atoms with Gasteiger partial charge in [-0.1, -0.05) is 12.1 Å². The monoisotopic (exact) mass is 400 g/mol. The molecular weight excluding hydrogens is 380 g/mol. The van der Waals surface area contributed by atoms with Crippen molar-refractivity contribution in [3.8, 4) is 22.5 Å². The lowest BCUT2D eigenvalue weighted by Gasteiger charge is -2.28. The summed E-state index contributed by atoms with van der Waals surface area (Å²) < 4.78 is 5.50. The van der Waals surface area contributed by atoms with Crippen LogP contribution in [0.1, 0.15) is 10.4 Å². The van der Waals surface area contributed by atoms with Crippen molar-refractivity contribution in [1.29, 1.82) is 0 Å². The largest absolute Gasteiger partial charge is 0.378 e. The van der Waals surface area contributed by atoms with E-state index in [1.54, 1.807) is 24.5 Å². The van der Waals surface area contributed by atoms with Crippen LogP contribution in [0.3, 0.4) is 0 Å². The van der Waals surface area contributed by atoms with E-state index in [1.165, 1.54) is 0 Å². The zero-order valence-electron chi connectivity index (χ0n) is 16.2. The highest BCUT2D eigenvalue weighted by molar-refractivity contribution is 6.02. The van der Waals surface area contributed by atoms with E-state index in [1.807, 2.05) is 24.3 Å². The fourth-order valence-electron chi connectivity index (χ4n) is 3.73. The van der Waals surface area contributed by atoms with Gasteiger partial charge in [0.25, 0.3) is 0 Å². The number of hydrogen-bond donors (Lipinski definition) is 2. The summed E-state index contributed by atoms with van der Waals surface area (Å²) in [5.41, 5.74) is 10.2. The van der Waals surface area contributed by atoms with Gasteiger partial charge in [-0.25, -0.2) is 4.98 Å². The standard InChI is InChI=1S/C22H20N6O2/c23-22(29)15-3-1-14(2-4-15)17-13-19(28-9-11-30-12-10-28)26-20-16(17)5-7-24-21(20)18-6-8-25-27-18/h1-8,13H,9-12H2,(H2,23,29)(H,25,27). The SMILES string of the molecule is NC(=O)c1ccc(-c2cc(N3CCOCC3)nc3c(-c4ccn[nH]4)nccc23)cc1. The van der Waals surface area contributed by atoms with Crippen molar-refractivity contribution < 1.29 is 9.53 Å². The number of hydrogen-bond acceptors (Lipinski definition) is 6. The van der Waals surface area contributed by atoms with Gasteiger partial charge in [-0.3, -0.25) is 14.9 Å². The number of ether oxygens (including phenoxy) is 1. The summed E-state index contributed by atoms with van der Waals surface area (Å²) in [6.45, 7) is 2.89. The third kappa shape index (κ3) is 3.27. The molecule has 1 aliphatic heterocycles. The van der Waals surface area contributed by atoms with Gasteiger partial charge < -0.3 is 15.4 Å². The van der Waals surface area contributed by atoms with Crippen molar-refractivity contribution in [2.24, 2.45) is 5.73 Å². The van der Waals surface area contributed by atoms with E-state index in [-0.39, 0.29) is 0 Å². The summed E-state index contributed by atoms with van der Waals surface area (Å²) >= 11 is 0. The summed E-state index contributed by atoms with van der Waals surface area (Å²) in [5.74, 6) is 0.425. The van der Waals surface area contributed by atoms with Crippen molar-refractivity contribution >= 4 is 22.6 Å². The summed E-state index contributed by atoms with van der Waals surface area (Å²) in [5, 5.41) is 8.02. The van der Waals surface area contributed by atoms with Gasteiger partial charge in [0.2, 0.25) is 5.91 Å². The molecule has 0 spiro atoms. The predicted molar refractivity (Wildman–Crippen MR) is 114 cm³/mol. The molecule has 1 amide bonds. The molecule has 5 rings (SSSR count). The van der Waals surface area contributed by atoms with Crippen LogP contribution in [0.5, 0.6) is 0 Å². The first-order valence-electron chi connectivity index (χ1n) is 9.73. The van der Waals surface area contributed by atoms with Gasteiger partial charge in [-0.05, 0) is 41.5 Å². The van der Waals surface area contributed by atoms with Gasteiger partial charge in [0.1, 0.15) is 17.0 Å². The number of anilines is 1. The van der Waals surface area contributed by atoms with Crippen LogP contribution in [0.2, 0.25) is 0 Å². The molecule has 4 aromatic rings. The first-order valence-corrected chi connectivity index (χ1v) is 9.73. The summed E-state index contributed by atoms with van der Waals surface area (Å²) in [6, 6.07) is 13.2. The second kappa shape index (κ2) is 7.57. The normalized spacial score (nSPS) is 14.2. The maximum atomic E-state index is 11.5. The third-order valence-corrected chi connectivity index (χ3v) is 5.29. The number of H-pyrrole nitrogens is 1. The number of primary amides is 1.